The van der Waals surface area contributed by atoms with Gasteiger partial charge in [0.15, 0.2) is 0 Å². The number of hydrogen-bond donors (Lipinski definition) is 1. The van der Waals surface area contributed by atoms with Gasteiger partial charge in [-0.2, -0.15) is 0 Å². The molecule has 2 aromatic carbocycles. The largest absolute Gasteiger partial charge is 0.507 e. The Balaban J connectivity index is 1.83. The first kappa shape index (κ1) is 22.7. The van der Waals surface area contributed by atoms with Crippen LogP contribution in [0.2, 0.25) is 5.02 Å². The van der Waals surface area contributed by atoms with Crippen molar-refractivity contribution >= 4 is 29.1 Å². The fraction of sp³-hybridized carbons (Fsp3) is 0.231. The van der Waals surface area contributed by atoms with E-state index >= 15 is 0 Å². The van der Waals surface area contributed by atoms with Gasteiger partial charge in [0, 0.05) is 5.56 Å². The Kier molecular flexibility index (Phi) is 6.56. The number of halogens is 1. The molecule has 33 heavy (non-hydrogen) atoms. The van der Waals surface area contributed by atoms with Crippen LogP contribution < -0.4 is 4.74 Å². The van der Waals surface area contributed by atoms with E-state index in [9.17, 15) is 14.7 Å². The number of rotatable bonds is 7. The lowest BCUT2D eigenvalue weighted by molar-refractivity contribution is -0.140. The first-order valence-corrected chi connectivity index (χ1v) is 11.1. The minimum atomic E-state index is -0.772. The zero-order valence-corrected chi connectivity index (χ0v) is 19.1. The second-order valence-electron chi connectivity index (χ2n) is 7.68. The number of carbonyl (C=O) groups excluding carboxylic acids is 2. The number of aliphatic hydroxyl groups is 1. The van der Waals surface area contributed by atoms with Crippen molar-refractivity contribution < 1.29 is 23.8 Å². The molecular weight excluding hydrogens is 442 g/mol. The molecule has 2 heterocycles. The monoisotopic (exact) mass is 465 g/mol. The van der Waals surface area contributed by atoms with Crippen molar-refractivity contribution in [1.82, 2.24) is 4.90 Å². The third-order valence-electron chi connectivity index (χ3n) is 5.66. The molecule has 7 heteroatoms. The van der Waals surface area contributed by atoms with Crippen molar-refractivity contribution in [3.8, 4) is 5.75 Å². The first-order chi connectivity index (χ1) is 15.9. The van der Waals surface area contributed by atoms with Crippen LogP contribution in [0.1, 0.15) is 42.3 Å². The molecule has 1 aliphatic rings. The lowest BCUT2D eigenvalue weighted by Crippen LogP contribution is -2.29. The standard InChI is InChI=1S/C26H24ClNO5/c1-3-16-7-9-17(10-8-16)23-22(24(29)18-11-12-21(32-4-2)20(27)14-18)25(30)26(31)28(23)15-19-6-5-13-33-19/h5-14,23,29H,3-4,15H2,1-2H3/b24-22-. The number of carbonyl (C=O) groups is 2. The molecule has 0 spiro atoms. The zero-order chi connectivity index (χ0) is 23.5. The molecule has 1 N–H and O–H groups in total. The van der Waals surface area contributed by atoms with Crippen LogP contribution >= 0.6 is 11.6 Å². The van der Waals surface area contributed by atoms with E-state index in [0.29, 0.717) is 28.7 Å². The van der Waals surface area contributed by atoms with Crippen LogP contribution in [0.25, 0.3) is 5.76 Å². The number of ketones is 1. The maximum Gasteiger partial charge on any atom is 0.296 e. The average molecular weight is 466 g/mol. The number of aryl methyl sites for hydroxylation is 1. The molecule has 6 nitrogen and oxygen atoms in total. The molecule has 1 aromatic heterocycles. The Morgan fingerprint density at radius 3 is 2.48 bits per heavy atom. The molecule has 1 atom stereocenters. The number of furan rings is 1. The highest BCUT2D eigenvalue weighted by molar-refractivity contribution is 6.46. The van der Waals surface area contributed by atoms with Crippen LogP contribution in [-0.4, -0.2) is 28.3 Å². The molecule has 1 saturated heterocycles. The van der Waals surface area contributed by atoms with Gasteiger partial charge < -0.3 is 19.2 Å². The molecule has 1 amide bonds. The van der Waals surface area contributed by atoms with E-state index in [-0.39, 0.29) is 17.9 Å². The average Bonchev–Trinajstić information content (AvgIpc) is 3.42. The fourth-order valence-electron chi connectivity index (χ4n) is 3.97. The van der Waals surface area contributed by atoms with Crippen molar-refractivity contribution in [3.63, 3.8) is 0 Å². The second kappa shape index (κ2) is 9.55. The topological polar surface area (TPSA) is 80.0 Å². The van der Waals surface area contributed by atoms with Gasteiger partial charge in [0.2, 0.25) is 0 Å². The Morgan fingerprint density at radius 2 is 1.88 bits per heavy atom. The van der Waals surface area contributed by atoms with Crippen molar-refractivity contribution in [2.24, 2.45) is 0 Å². The summed E-state index contributed by atoms with van der Waals surface area (Å²) in [4.78, 5) is 27.6. The molecule has 4 rings (SSSR count). The van der Waals surface area contributed by atoms with E-state index in [1.54, 1.807) is 24.3 Å². The summed E-state index contributed by atoms with van der Waals surface area (Å²) >= 11 is 6.30. The van der Waals surface area contributed by atoms with E-state index in [1.807, 2.05) is 38.1 Å². The van der Waals surface area contributed by atoms with E-state index in [4.69, 9.17) is 20.8 Å². The fourth-order valence-corrected chi connectivity index (χ4v) is 4.21. The summed E-state index contributed by atoms with van der Waals surface area (Å²) in [6.07, 6.45) is 2.37. The van der Waals surface area contributed by atoms with Gasteiger partial charge in [0.25, 0.3) is 11.7 Å². The van der Waals surface area contributed by atoms with Gasteiger partial charge in [0.1, 0.15) is 17.3 Å². The number of aliphatic hydroxyl groups excluding tert-OH is 1. The van der Waals surface area contributed by atoms with Gasteiger partial charge in [-0.3, -0.25) is 9.59 Å². The normalized spacial score (nSPS) is 17.5. The summed E-state index contributed by atoms with van der Waals surface area (Å²) in [6, 6.07) is 15.1. The van der Waals surface area contributed by atoms with Crippen LogP contribution in [-0.2, 0) is 22.6 Å². The lowest BCUT2D eigenvalue weighted by atomic mass is 9.94. The van der Waals surface area contributed by atoms with Gasteiger partial charge in [-0.1, -0.05) is 42.8 Å². The minimum absolute atomic E-state index is 0.0102. The molecule has 0 bridgehead atoms. The smallest absolute Gasteiger partial charge is 0.296 e. The highest BCUT2D eigenvalue weighted by atomic mass is 35.5. The molecule has 1 unspecified atom stereocenters. The Labute approximate surface area is 197 Å². The van der Waals surface area contributed by atoms with Crippen LogP contribution in [0.5, 0.6) is 5.75 Å². The number of benzene rings is 2. The van der Waals surface area contributed by atoms with Crippen LogP contribution in [0.3, 0.4) is 0 Å². The summed E-state index contributed by atoms with van der Waals surface area (Å²) in [5, 5.41) is 11.5. The summed E-state index contributed by atoms with van der Waals surface area (Å²) in [5.74, 6) is -0.732. The van der Waals surface area contributed by atoms with E-state index in [1.165, 1.54) is 17.2 Å². The molecule has 0 aliphatic carbocycles. The lowest BCUT2D eigenvalue weighted by Gasteiger charge is -2.24. The van der Waals surface area contributed by atoms with Gasteiger partial charge >= 0.3 is 0 Å². The summed E-state index contributed by atoms with van der Waals surface area (Å²) in [7, 11) is 0. The number of Topliss-reactive ketones (excluding diaryl/α,β-unsaturated/α-hetero) is 1. The van der Waals surface area contributed by atoms with Gasteiger partial charge in [-0.15, -0.1) is 0 Å². The van der Waals surface area contributed by atoms with Crippen LogP contribution in [0, 0.1) is 0 Å². The minimum Gasteiger partial charge on any atom is -0.507 e. The zero-order valence-electron chi connectivity index (χ0n) is 18.4. The highest BCUT2D eigenvalue weighted by Gasteiger charge is 2.46. The number of ether oxygens (including phenoxy) is 1. The van der Waals surface area contributed by atoms with Gasteiger partial charge in [-0.25, -0.2) is 0 Å². The molecule has 1 fully saturated rings. The van der Waals surface area contributed by atoms with Crippen LogP contribution in [0.15, 0.2) is 70.9 Å². The molecule has 170 valence electrons. The molecule has 3 aromatic rings. The third-order valence-corrected chi connectivity index (χ3v) is 5.95. The van der Waals surface area contributed by atoms with Crippen LogP contribution in [0.4, 0.5) is 0 Å². The van der Waals surface area contributed by atoms with Gasteiger partial charge in [-0.05, 0) is 54.8 Å². The van der Waals surface area contributed by atoms with Crippen molar-refractivity contribution in [2.45, 2.75) is 32.9 Å². The summed E-state index contributed by atoms with van der Waals surface area (Å²) in [5.41, 5.74) is 2.18. The van der Waals surface area contributed by atoms with Crippen molar-refractivity contribution in [2.75, 3.05) is 6.61 Å². The molecule has 0 radical (unpaired) electrons. The van der Waals surface area contributed by atoms with E-state index in [0.717, 1.165) is 17.5 Å². The van der Waals surface area contributed by atoms with E-state index < -0.39 is 17.7 Å². The van der Waals surface area contributed by atoms with Crippen molar-refractivity contribution in [1.29, 1.82) is 0 Å². The molecule has 0 saturated carbocycles. The number of hydrogen-bond acceptors (Lipinski definition) is 5. The second-order valence-corrected chi connectivity index (χ2v) is 8.09. The SMILES string of the molecule is CCOc1ccc(/C(O)=C2/C(=O)C(=O)N(Cc3ccco3)C2c2ccc(CC)cc2)cc1Cl. The maximum absolute atomic E-state index is 13.1. The Hall–Kier alpha value is -3.51. The summed E-state index contributed by atoms with van der Waals surface area (Å²) < 4.78 is 10.9. The van der Waals surface area contributed by atoms with Crippen molar-refractivity contribution in [3.05, 3.63) is 93.9 Å². The maximum atomic E-state index is 13.1. The summed E-state index contributed by atoms with van der Waals surface area (Å²) in [6.45, 7) is 4.43. The number of amides is 1. The van der Waals surface area contributed by atoms with Gasteiger partial charge in [0.05, 0.1) is 36.1 Å². The van der Waals surface area contributed by atoms with E-state index in [2.05, 4.69) is 0 Å². The predicted octanol–water partition coefficient (Wildman–Crippen LogP) is 5.52. The Bertz CT molecular complexity index is 1200. The Morgan fingerprint density at radius 1 is 1.12 bits per heavy atom. The molecular formula is C26H24ClNO5. The third kappa shape index (κ3) is 4.39. The predicted molar refractivity (Wildman–Crippen MR) is 125 cm³/mol. The number of likely N-dealkylation sites (tertiary alicyclic amines) is 1. The molecule has 1 aliphatic heterocycles. The first-order valence-electron chi connectivity index (χ1n) is 10.8. The number of nitrogens with zero attached hydrogens (tertiary/aromatic N) is 1. The highest BCUT2D eigenvalue weighted by Crippen LogP contribution is 2.41. The quantitative estimate of drug-likeness (QED) is 0.282.